The van der Waals surface area contributed by atoms with Crippen LogP contribution in [0, 0.1) is 22.0 Å². The Bertz CT molecular complexity index is 241. The average molecular weight is 198 g/mol. The van der Waals surface area contributed by atoms with Gasteiger partial charge in [-0.25, -0.2) is 0 Å². The van der Waals surface area contributed by atoms with E-state index in [1.54, 1.807) is 0 Å². The van der Waals surface area contributed by atoms with Crippen LogP contribution in [0.15, 0.2) is 0 Å². The fraction of sp³-hybridized carbons (Fsp3) is 1.00. The highest BCUT2D eigenvalue weighted by atomic mass is 16.6. The molecule has 2 saturated heterocycles. The van der Waals surface area contributed by atoms with Crippen LogP contribution in [0.1, 0.15) is 26.7 Å². The highest BCUT2D eigenvalue weighted by molar-refractivity contribution is 5.07. The molecule has 0 saturated carbocycles. The lowest BCUT2D eigenvalue weighted by molar-refractivity contribution is -0.497. The van der Waals surface area contributed by atoms with Gasteiger partial charge < -0.3 is 0 Å². The largest absolute Gasteiger partial charge is 0.291 e. The summed E-state index contributed by atoms with van der Waals surface area (Å²) in [6.07, 6.45) is 2.25. The third-order valence-electron chi connectivity index (χ3n) is 4.34. The fourth-order valence-electron chi connectivity index (χ4n) is 3.45. The normalized spacial score (nSPS) is 42.7. The maximum Gasteiger partial charge on any atom is 0.222 e. The monoisotopic (exact) mass is 198 g/mol. The van der Waals surface area contributed by atoms with E-state index in [0.29, 0.717) is 11.8 Å². The van der Waals surface area contributed by atoms with Crippen LogP contribution in [0.3, 0.4) is 0 Å². The van der Waals surface area contributed by atoms with Crippen molar-refractivity contribution in [3.8, 4) is 0 Å². The molecule has 0 radical (unpaired) electrons. The van der Waals surface area contributed by atoms with Crippen LogP contribution in [0.4, 0.5) is 0 Å². The maximum absolute atomic E-state index is 10.8. The summed E-state index contributed by atoms with van der Waals surface area (Å²) in [5.41, 5.74) is -0.122. The van der Waals surface area contributed by atoms with Gasteiger partial charge in [-0.2, -0.15) is 0 Å². The third-order valence-corrected chi connectivity index (χ3v) is 4.34. The molecule has 14 heavy (non-hydrogen) atoms. The molecule has 0 bridgehead atoms. The number of rotatable bonds is 2. The number of nitrogens with zero attached hydrogens (tertiary/aromatic N) is 2. The average Bonchev–Trinajstić information content (AvgIpc) is 2.55. The van der Waals surface area contributed by atoms with Crippen molar-refractivity contribution in [2.45, 2.75) is 32.2 Å². The van der Waals surface area contributed by atoms with Crippen molar-refractivity contribution in [2.75, 3.05) is 19.6 Å². The Balaban J connectivity index is 2.28. The molecule has 2 rings (SSSR count). The smallest absolute Gasteiger partial charge is 0.222 e. The Morgan fingerprint density at radius 3 is 2.29 bits per heavy atom. The van der Waals surface area contributed by atoms with E-state index in [9.17, 15) is 10.1 Å². The number of nitro groups is 1. The summed E-state index contributed by atoms with van der Waals surface area (Å²) in [5, 5.41) is 10.8. The van der Waals surface area contributed by atoms with Crippen molar-refractivity contribution in [2.24, 2.45) is 11.8 Å². The lowest BCUT2D eigenvalue weighted by atomic mass is 9.77. The van der Waals surface area contributed by atoms with Crippen molar-refractivity contribution >= 4 is 0 Å². The lowest BCUT2D eigenvalue weighted by Gasteiger charge is -2.35. The standard InChI is InChI=1S/C10H18N2O2/c1-8-3-5-11-6-4-9(2)10(8,11)7-12(13)14/h8-9H,3-7H2,1-2H3. The van der Waals surface area contributed by atoms with E-state index in [1.807, 2.05) is 0 Å². The molecule has 0 amide bonds. The highest BCUT2D eigenvalue weighted by Crippen LogP contribution is 2.46. The Hall–Kier alpha value is -0.640. The van der Waals surface area contributed by atoms with E-state index in [2.05, 4.69) is 18.7 Å². The van der Waals surface area contributed by atoms with Gasteiger partial charge >= 0.3 is 0 Å². The molecule has 0 aliphatic carbocycles. The number of fused-ring (bicyclic) bond motifs is 1. The van der Waals surface area contributed by atoms with Gasteiger partial charge in [0, 0.05) is 4.92 Å². The van der Waals surface area contributed by atoms with Crippen molar-refractivity contribution in [3.63, 3.8) is 0 Å². The van der Waals surface area contributed by atoms with Gasteiger partial charge in [-0.3, -0.25) is 15.0 Å². The zero-order valence-electron chi connectivity index (χ0n) is 8.90. The van der Waals surface area contributed by atoms with Gasteiger partial charge in [0.2, 0.25) is 6.54 Å². The van der Waals surface area contributed by atoms with Gasteiger partial charge in [-0.15, -0.1) is 0 Å². The predicted octanol–water partition coefficient (Wildman–Crippen LogP) is 1.38. The Morgan fingerprint density at radius 1 is 1.36 bits per heavy atom. The first-order valence-electron chi connectivity index (χ1n) is 5.44. The minimum atomic E-state index is -0.128. The molecule has 2 aliphatic rings. The quantitative estimate of drug-likeness (QED) is 0.497. The van der Waals surface area contributed by atoms with Crippen LogP contribution in [-0.4, -0.2) is 35.0 Å². The van der Waals surface area contributed by atoms with Gasteiger partial charge in [0.1, 0.15) is 0 Å². The molecular weight excluding hydrogens is 180 g/mol. The summed E-state index contributed by atoms with van der Waals surface area (Å²) in [5.74, 6) is 0.954. The first-order chi connectivity index (χ1) is 6.57. The Morgan fingerprint density at radius 2 is 1.86 bits per heavy atom. The van der Waals surface area contributed by atoms with Gasteiger partial charge in [0.25, 0.3) is 0 Å². The minimum Gasteiger partial charge on any atom is -0.291 e. The van der Waals surface area contributed by atoms with E-state index in [0.717, 1.165) is 25.9 Å². The van der Waals surface area contributed by atoms with Gasteiger partial charge in [0.15, 0.2) is 0 Å². The topological polar surface area (TPSA) is 46.4 Å². The third kappa shape index (κ3) is 1.16. The van der Waals surface area contributed by atoms with Gasteiger partial charge in [-0.05, 0) is 37.8 Å². The molecule has 2 atom stereocenters. The molecule has 2 aliphatic heterocycles. The van der Waals surface area contributed by atoms with Crippen molar-refractivity contribution in [1.82, 2.24) is 4.90 Å². The van der Waals surface area contributed by atoms with Gasteiger partial charge in [-0.1, -0.05) is 13.8 Å². The molecule has 2 fully saturated rings. The summed E-state index contributed by atoms with van der Waals surface area (Å²) in [6.45, 7) is 6.59. The molecule has 4 heteroatoms. The van der Waals surface area contributed by atoms with Crippen LogP contribution >= 0.6 is 0 Å². The molecule has 2 heterocycles. The molecule has 2 unspecified atom stereocenters. The molecule has 0 spiro atoms. The van der Waals surface area contributed by atoms with Crippen LogP contribution in [0.2, 0.25) is 0 Å². The lowest BCUT2D eigenvalue weighted by Crippen LogP contribution is -2.51. The first-order valence-corrected chi connectivity index (χ1v) is 5.44. The van der Waals surface area contributed by atoms with Crippen molar-refractivity contribution in [1.29, 1.82) is 0 Å². The van der Waals surface area contributed by atoms with E-state index < -0.39 is 0 Å². The Kier molecular flexibility index (Phi) is 2.26. The van der Waals surface area contributed by atoms with E-state index in [-0.39, 0.29) is 17.0 Å². The van der Waals surface area contributed by atoms with Crippen LogP contribution in [-0.2, 0) is 0 Å². The summed E-state index contributed by atoms with van der Waals surface area (Å²) >= 11 is 0. The summed E-state index contributed by atoms with van der Waals surface area (Å²) in [4.78, 5) is 13.0. The number of hydrogen-bond donors (Lipinski definition) is 0. The maximum atomic E-state index is 10.8. The second-order valence-electron chi connectivity index (χ2n) is 4.85. The molecule has 0 N–H and O–H groups in total. The van der Waals surface area contributed by atoms with Gasteiger partial charge in [0.05, 0.1) is 5.54 Å². The number of hydrogen-bond acceptors (Lipinski definition) is 3. The molecule has 0 aromatic heterocycles. The zero-order chi connectivity index (χ0) is 10.3. The van der Waals surface area contributed by atoms with Crippen LogP contribution in [0.25, 0.3) is 0 Å². The highest BCUT2D eigenvalue weighted by Gasteiger charge is 2.56. The SMILES string of the molecule is CC1CCN2CCC(C)C12C[N+](=O)[O-]. The first kappa shape index (κ1) is 9.90. The Labute approximate surface area is 84.4 Å². The summed E-state index contributed by atoms with van der Waals surface area (Å²) < 4.78 is 0. The molecular formula is C10H18N2O2. The molecule has 0 aromatic rings. The predicted molar refractivity (Wildman–Crippen MR) is 53.7 cm³/mol. The van der Waals surface area contributed by atoms with Crippen LogP contribution < -0.4 is 0 Å². The summed E-state index contributed by atoms with van der Waals surface area (Å²) in [7, 11) is 0. The van der Waals surface area contributed by atoms with Crippen molar-refractivity contribution in [3.05, 3.63) is 10.1 Å². The second-order valence-corrected chi connectivity index (χ2v) is 4.85. The van der Waals surface area contributed by atoms with Crippen molar-refractivity contribution < 1.29 is 4.92 Å². The van der Waals surface area contributed by atoms with E-state index in [1.165, 1.54) is 0 Å². The molecule has 80 valence electrons. The summed E-state index contributed by atoms with van der Waals surface area (Å²) in [6, 6.07) is 0. The molecule has 0 aromatic carbocycles. The fourth-order valence-corrected chi connectivity index (χ4v) is 3.45. The minimum absolute atomic E-state index is 0.122. The second kappa shape index (κ2) is 3.19. The van der Waals surface area contributed by atoms with Crippen LogP contribution in [0.5, 0.6) is 0 Å². The van der Waals surface area contributed by atoms with E-state index >= 15 is 0 Å². The zero-order valence-corrected chi connectivity index (χ0v) is 8.90. The molecule has 4 nitrogen and oxygen atoms in total. The van der Waals surface area contributed by atoms with E-state index in [4.69, 9.17) is 0 Å².